The van der Waals surface area contributed by atoms with E-state index in [2.05, 4.69) is 26.3 Å². The summed E-state index contributed by atoms with van der Waals surface area (Å²) in [6.45, 7) is 4.35. The van der Waals surface area contributed by atoms with E-state index in [0.717, 1.165) is 31.0 Å². The molecule has 26 heavy (non-hydrogen) atoms. The van der Waals surface area contributed by atoms with E-state index < -0.39 is 16.8 Å². The van der Waals surface area contributed by atoms with Gasteiger partial charge in [0.15, 0.2) is 6.35 Å². The van der Waals surface area contributed by atoms with E-state index in [-0.39, 0.29) is 12.1 Å². The summed E-state index contributed by atoms with van der Waals surface area (Å²) < 4.78 is 41.2. The van der Waals surface area contributed by atoms with Crippen LogP contribution in [-0.2, 0) is 14.7 Å². The van der Waals surface area contributed by atoms with Gasteiger partial charge in [0.25, 0.3) is 0 Å². The Morgan fingerprint density at radius 3 is 2.62 bits per heavy atom. The number of nitrogens with zero attached hydrogens (tertiary/aromatic N) is 5. The molecule has 0 spiro atoms. The maximum atomic E-state index is 11.0. The summed E-state index contributed by atoms with van der Waals surface area (Å²) in [7, 11) is -4.70. The Bertz CT molecular complexity index is 749. The van der Waals surface area contributed by atoms with Gasteiger partial charge < -0.3 is 14.4 Å². The van der Waals surface area contributed by atoms with Gasteiger partial charge in [-0.25, -0.2) is 0 Å². The van der Waals surface area contributed by atoms with Crippen molar-refractivity contribution in [3.05, 3.63) is 5.89 Å². The third kappa shape index (κ3) is 3.44. The molecule has 4 atom stereocenters. The second-order valence-corrected chi connectivity index (χ2v) is 8.25. The van der Waals surface area contributed by atoms with Crippen LogP contribution in [0.25, 0.3) is 0 Å². The molecule has 3 aliphatic heterocycles. The van der Waals surface area contributed by atoms with E-state index in [9.17, 15) is 13.5 Å². The smallest absolute Gasteiger partial charge is 0.406 e. The van der Waals surface area contributed by atoms with Gasteiger partial charge in [-0.05, 0) is 31.6 Å². The minimum atomic E-state index is -4.70. The summed E-state index contributed by atoms with van der Waals surface area (Å²) in [5.41, 5.74) is 0. The minimum absolute atomic E-state index is 0.332. The number of rotatable bonds is 4. The molecule has 1 aromatic rings. The molecule has 0 amide bonds. The Morgan fingerprint density at radius 1 is 1.19 bits per heavy atom. The Balaban J connectivity index is 1.48. The topological polar surface area (TPSA) is 132 Å². The van der Waals surface area contributed by atoms with Gasteiger partial charge in [0.2, 0.25) is 5.89 Å². The second-order valence-electron chi connectivity index (χ2n) is 7.24. The van der Waals surface area contributed by atoms with Gasteiger partial charge in [-0.3, -0.25) is 9.45 Å². The van der Waals surface area contributed by atoms with Gasteiger partial charge in [0.1, 0.15) is 0 Å². The van der Waals surface area contributed by atoms with Crippen molar-refractivity contribution in [3.8, 4) is 0 Å². The minimum Gasteiger partial charge on any atom is -0.406 e. The Kier molecular flexibility index (Phi) is 4.65. The van der Waals surface area contributed by atoms with Crippen LogP contribution in [-0.4, -0.2) is 70.3 Å². The summed E-state index contributed by atoms with van der Waals surface area (Å²) in [5.74, 6) is 1.09. The van der Waals surface area contributed by atoms with Crippen LogP contribution in [0.2, 0.25) is 0 Å². The zero-order valence-corrected chi connectivity index (χ0v) is 15.2. The van der Waals surface area contributed by atoms with E-state index in [0.29, 0.717) is 37.2 Å². The average molecular weight is 389 g/mol. The summed E-state index contributed by atoms with van der Waals surface area (Å²) in [6.07, 6.45) is 2.00. The number of aliphatic hydroxyl groups is 1. The van der Waals surface area contributed by atoms with Crippen LogP contribution in [0.1, 0.15) is 44.5 Å². The lowest BCUT2D eigenvalue weighted by molar-refractivity contribution is -0.201. The van der Waals surface area contributed by atoms with Gasteiger partial charge in [0.05, 0.1) is 12.1 Å². The zero-order chi connectivity index (χ0) is 18.5. The van der Waals surface area contributed by atoms with Gasteiger partial charge in [0, 0.05) is 19.6 Å². The number of fused-ring (bicyclic) bond motifs is 2. The summed E-state index contributed by atoms with van der Waals surface area (Å²) in [6, 6.07) is -0.191. The third-order valence-electron chi connectivity index (χ3n) is 5.43. The molecule has 4 rings (SSSR count). The lowest BCUT2D eigenvalue weighted by Gasteiger charge is -2.30. The highest BCUT2D eigenvalue weighted by Gasteiger charge is 2.49. The van der Waals surface area contributed by atoms with Crippen LogP contribution in [0.5, 0.6) is 0 Å². The number of hydrogen-bond donors (Lipinski definition) is 2. The molecule has 2 N–H and O–H groups in total. The molecule has 3 fully saturated rings. The van der Waals surface area contributed by atoms with Crippen molar-refractivity contribution in [2.75, 3.05) is 24.5 Å². The van der Waals surface area contributed by atoms with Crippen molar-refractivity contribution in [1.82, 2.24) is 20.2 Å². The fourth-order valence-electron chi connectivity index (χ4n) is 3.94. The van der Waals surface area contributed by atoms with E-state index in [1.54, 1.807) is 4.90 Å². The Labute approximate surface area is 151 Å². The van der Waals surface area contributed by atoms with E-state index >= 15 is 0 Å². The standard InChI is InChI=1S/C14H23N5O6S/c1-9-4-6-17(7-5-9)13-16-15-12(24-13)11-3-2-10-8-18(11)14(20)19(10)25-26(21,22)23/h9-11,14,20H,2-8H2,1H3,(H,21,22,23)/t10-,11+,14?/m1/s1. The van der Waals surface area contributed by atoms with Gasteiger partial charge in [-0.1, -0.05) is 12.0 Å². The van der Waals surface area contributed by atoms with Crippen molar-refractivity contribution < 1.29 is 26.8 Å². The van der Waals surface area contributed by atoms with Crippen LogP contribution < -0.4 is 4.90 Å². The maximum absolute atomic E-state index is 11.0. The number of piperidine rings is 2. The Hall–Kier alpha value is -1.31. The van der Waals surface area contributed by atoms with Crippen molar-refractivity contribution in [3.63, 3.8) is 0 Å². The second kappa shape index (κ2) is 6.69. The van der Waals surface area contributed by atoms with Crippen LogP contribution >= 0.6 is 0 Å². The van der Waals surface area contributed by atoms with Gasteiger partial charge in [-0.15, -0.1) is 10.2 Å². The molecule has 11 nitrogen and oxygen atoms in total. The molecule has 2 unspecified atom stereocenters. The average Bonchev–Trinajstić information content (AvgIpc) is 3.15. The molecular formula is C14H23N5O6S. The molecule has 2 bridgehead atoms. The number of aromatic nitrogens is 2. The molecule has 1 aromatic heterocycles. The first-order chi connectivity index (χ1) is 12.3. The molecule has 0 aromatic carbocycles. The van der Waals surface area contributed by atoms with E-state index in [1.807, 2.05) is 0 Å². The van der Waals surface area contributed by atoms with E-state index in [1.165, 1.54) is 0 Å². The fourth-order valence-corrected chi connectivity index (χ4v) is 4.35. The third-order valence-corrected chi connectivity index (χ3v) is 5.79. The zero-order valence-electron chi connectivity index (χ0n) is 14.4. The predicted molar refractivity (Wildman–Crippen MR) is 87.9 cm³/mol. The van der Waals surface area contributed by atoms with Crippen molar-refractivity contribution in [2.24, 2.45) is 5.92 Å². The quantitative estimate of drug-likeness (QED) is 0.681. The molecule has 3 aliphatic rings. The SMILES string of the molecule is CC1CCN(c2nnc([C@@H]3CC[C@@H]4CN3C(O)N4OS(=O)(=O)O)o2)CC1. The molecule has 0 saturated carbocycles. The largest absolute Gasteiger partial charge is 0.413 e. The first kappa shape index (κ1) is 18.1. The van der Waals surface area contributed by atoms with Crippen molar-refractivity contribution >= 4 is 16.4 Å². The highest BCUT2D eigenvalue weighted by molar-refractivity contribution is 7.80. The maximum Gasteiger partial charge on any atom is 0.413 e. The van der Waals surface area contributed by atoms with Crippen LogP contribution in [0, 0.1) is 5.92 Å². The van der Waals surface area contributed by atoms with Crippen LogP contribution in [0.4, 0.5) is 6.01 Å². The molecule has 146 valence electrons. The molecular weight excluding hydrogens is 366 g/mol. The highest BCUT2D eigenvalue weighted by atomic mass is 32.3. The summed E-state index contributed by atoms with van der Waals surface area (Å²) in [4.78, 5) is 3.70. The Morgan fingerprint density at radius 2 is 1.92 bits per heavy atom. The molecule has 0 radical (unpaired) electrons. The van der Waals surface area contributed by atoms with E-state index in [4.69, 9.17) is 8.97 Å². The lowest BCUT2D eigenvalue weighted by atomic mass is 10.00. The van der Waals surface area contributed by atoms with Crippen LogP contribution in [0.15, 0.2) is 4.42 Å². The lowest BCUT2D eigenvalue weighted by Crippen LogP contribution is -2.40. The first-order valence-corrected chi connectivity index (χ1v) is 10.2. The normalized spacial score (nSPS) is 33.7. The number of aliphatic hydroxyl groups excluding tert-OH is 1. The summed E-state index contributed by atoms with van der Waals surface area (Å²) >= 11 is 0. The fraction of sp³-hybridized carbons (Fsp3) is 0.857. The van der Waals surface area contributed by atoms with Crippen molar-refractivity contribution in [2.45, 2.75) is 51.0 Å². The van der Waals surface area contributed by atoms with Crippen molar-refractivity contribution in [1.29, 1.82) is 0 Å². The van der Waals surface area contributed by atoms with Gasteiger partial charge >= 0.3 is 16.4 Å². The summed E-state index contributed by atoms with van der Waals surface area (Å²) in [5, 5.41) is 19.6. The molecule has 4 heterocycles. The highest BCUT2D eigenvalue weighted by Crippen LogP contribution is 2.40. The van der Waals surface area contributed by atoms with Crippen LogP contribution in [0.3, 0.4) is 0 Å². The molecule has 0 aliphatic carbocycles. The molecule has 3 saturated heterocycles. The predicted octanol–water partition coefficient (Wildman–Crippen LogP) is 0.137. The number of hydroxylamine groups is 2. The number of hydrogen-bond acceptors (Lipinski definition) is 10. The molecule has 12 heteroatoms. The van der Waals surface area contributed by atoms with Gasteiger partial charge in [-0.2, -0.15) is 12.7 Å². The monoisotopic (exact) mass is 389 g/mol. The first-order valence-electron chi connectivity index (χ1n) is 8.79. The number of anilines is 1.